The van der Waals surface area contributed by atoms with E-state index in [1.165, 1.54) is 23.5 Å². The zero-order valence-corrected chi connectivity index (χ0v) is 13.6. The van der Waals surface area contributed by atoms with E-state index in [1.54, 1.807) is 22.8 Å². The first-order valence-corrected chi connectivity index (χ1v) is 8.67. The van der Waals surface area contributed by atoms with Crippen molar-refractivity contribution in [2.45, 2.75) is 25.3 Å². The van der Waals surface area contributed by atoms with E-state index in [9.17, 15) is 9.18 Å². The van der Waals surface area contributed by atoms with E-state index >= 15 is 0 Å². The summed E-state index contributed by atoms with van der Waals surface area (Å²) in [6.45, 7) is 0.735. The van der Waals surface area contributed by atoms with Gasteiger partial charge in [0.2, 0.25) is 16.0 Å². The number of fused-ring (bicyclic) bond motifs is 1. The van der Waals surface area contributed by atoms with E-state index in [0.717, 1.165) is 42.0 Å². The predicted octanol–water partition coefficient (Wildman–Crippen LogP) is 2.68. The molecule has 1 amide bonds. The standard InChI is InChI=1S/C16H16FN5OS/c17-11-6-4-10(5-7-11)13-9-22-16(20-13)24-15(21-22)19-12-3-1-2-8-18-14(12)23/h4-7,9,12H,1-3,8H2,(H,18,23)(H,19,21). The van der Waals surface area contributed by atoms with Crippen LogP contribution in [0.3, 0.4) is 0 Å². The Bertz CT molecular complexity index is 841. The Balaban J connectivity index is 1.55. The second kappa shape index (κ2) is 6.20. The summed E-state index contributed by atoms with van der Waals surface area (Å²) in [5.41, 5.74) is 1.58. The molecule has 2 N–H and O–H groups in total. The van der Waals surface area contributed by atoms with Gasteiger partial charge in [0.1, 0.15) is 11.9 Å². The van der Waals surface area contributed by atoms with Gasteiger partial charge in [-0.15, -0.1) is 5.10 Å². The summed E-state index contributed by atoms with van der Waals surface area (Å²) in [5.74, 6) is -0.251. The summed E-state index contributed by atoms with van der Waals surface area (Å²) in [6, 6.07) is 5.95. The Morgan fingerprint density at radius 1 is 1.29 bits per heavy atom. The number of anilines is 1. The zero-order valence-electron chi connectivity index (χ0n) is 12.8. The van der Waals surface area contributed by atoms with Gasteiger partial charge in [0.15, 0.2) is 0 Å². The number of nitrogens with zero attached hydrogens (tertiary/aromatic N) is 3. The molecular weight excluding hydrogens is 329 g/mol. The largest absolute Gasteiger partial charge is 0.354 e. The molecule has 8 heteroatoms. The van der Waals surface area contributed by atoms with Gasteiger partial charge in [0.25, 0.3) is 0 Å². The van der Waals surface area contributed by atoms with Crippen molar-refractivity contribution in [3.8, 4) is 11.3 Å². The summed E-state index contributed by atoms with van der Waals surface area (Å²) >= 11 is 1.39. The van der Waals surface area contributed by atoms with Crippen LogP contribution in [0.4, 0.5) is 9.52 Å². The van der Waals surface area contributed by atoms with Gasteiger partial charge in [0, 0.05) is 12.1 Å². The number of hydrogen-bond donors (Lipinski definition) is 2. The SMILES string of the molecule is O=C1NCCCCC1Nc1nn2cc(-c3ccc(F)cc3)nc2s1. The molecule has 0 spiro atoms. The first kappa shape index (κ1) is 15.1. The number of carbonyl (C=O) groups excluding carboxylic acids is 1. The van der Waals surface area contributed by atoms with Crippen LogP contribution in [0.5, 0.6) is 0 Å². The maximum Gasteiger partial charge on any atom is 0.242 e. The summed E-state index contributed by atoms with van der Waals surface area (Å²) < 4.78 is 14.7. The fourth-order valence-corrected chi connectivity index (χ4v) is 3.58. The molecule has 24 heavy (non-hydrogen) atoms. The van der Waals surface area contributed by atoms with Crippen LogP contribution in [0.1, 0.15) is 19.3 Å². The molecule has 2 aromatic heterocycles. The molecule has 3 aromatic rings. The fraction of sp³-hybridized carbons (Fsp3) is 0.312. The van der Waals surface area contributed by atoms with E-state index in [2.05, 4.69) is 20.7 Å². The molecule has 124 valence electrons. The molecule has 1 aromatic carbocycles. The minimum Gasteiger partial charge on any atom is -0.354 e. The van der Waals surface area contributed by atoms with Crippen molar-refractivity contribution >= 4 is 27.3 Å². The van der Waals surface area contributed by atoms with Crippen LogP contribution < -0.4 is 10.6 Å². The van der Waals surface area contributed by atoms with E-state index in [4.69, 9.17) is 0 Å². The molecule has 0 radical (unpaired) electrons. The van der Waals surface area contributed by atoms with Gasteiger partial charge in [-0.1, -0.05) is 11.3 Å². The molecule has 6 nitrogen and oxygen atoms in total. The quantitative estimate of drug-likeness (QED) is 0.766. The Kier molecular flexibility index (Phi) is 3.89. The lowest BCUT2D eigenvalue weighted by molar-refractivity contribution is -0.121. The van der Waals surface area contributed by atoms with Crippen LogP contribution in [-0.2, 0) is 4.79 Å². The van der Waals surface area contributed by atoms with E-state index < -0.39 is 0 Å². The second-order valence-corrected chi connectivity index (χ2v) is 6.71. The average Bonchev–Trinajstić information content (AvgIpc) is 3.05. The Morgan fingerprint density at radius 3 is 2.92 bits per heavy atom. The first-order valence-electron chi connectivity index (χ1n) is 7.85. The molecule has 1 saturated heterocycles. The number of halogens is 1. The number of nitrogens with one attached hydrogen (secondary N) is 2. The number of amides is 1. The van der Waals surface area contributed by atoms with Crippen LogP contribution >= 0.6 is 11.3 Å². The number of rotatable bonds is 3. The average molecular weight is 345 g/mol. The Hall–Kier alpha value is -2.48. The molecule has 3 heterocycles. The molecule has 0 aliphatic carbocycles. The van der Waals surface area contributed by atoms with Crippen molar-refractivity contribution in [3.05, 3.63) is 36.3 Å². The van der Waals surface area contributed by atoms with Gasteiger partial charge in [-0.2, -0.15) is 0 Å². The normalized spacial score (nSPS) is 18.4. The van der Waals surface area contributed by atoms with Crippen LogP contribution in [0, 0.1) is 5.82 Å². The molecular formula is C16H16FN5OS. The lowest BCUT2D eigenvalue weighted by atomic mass is 10.1. The molecule has 1 unspecified atom stereocenters. The molecule has 1 aliphatic rings. The number of imidazole rings is 1. The van der Waals surface area contributed by atoms with Gasteiger partial charge in [-0.25, -0.2) is 13.9 Å². The lowest BCUT2D eigenvalue weighted by Crippen LogP contribution is -2.37. The third-order valence-corrected chi connectivity index (χ3v) is 4.87. The summed E-state index contributed by atoms with van der Waals surface area (Å²) in [4.78, 5) is 17.2. The molecule has 0 bridgehead atoms. The first-order chi connectivity index (χ1) is 11.7. The van der Waals surface area contributed by atoms with Crippen molar-refractivity contribution in [2.75, 3.05) is 11.9 Å². The van der Waals surface area contributed by atoms with Gasteiger partial charge in [-0.05, 0) is 43.5 Å². The summed E-state index contributed by atoms with van der Waals surface area (Å²) in [6.07, 6.45) is 4.62. The number of hydrogen-bond acceptors (Lipinski definition) is 5. The highest BCUT2D eigenvalue weighted by Crippen LogP contribution is 2.25. The highest BCUT2D eigenvalue weighted by Gasteiger charge is 2.22. The number of aromatic nitrogens is 3. The molecule has 1 atom stereocenters. The van der Waals surface area contributed by atoms with Crippen molar-refractivity contribution in [1.29, 1.82) is 0 Å². The van der Waals surface area contributed by atoms with E-state index in [1.807, 2.05) is 0 Å². The smallest absolute Gasteiger partial charge is 0.242 e. The van der Waals surface area contributed by atoms with Crippen molar-refractivity contribution in [1.82, 2.24) is 19.9 Å². The zero-order chi connectivity index (χ0) is 16.5. The van der Waals surface area contributed by atoms with Crippen molar-refractivity contribution < 1.29 is 9.18 Å². The minimum atomic E-state index is -0.272. The van der Waals surface area contributed by atoms with Crippen LogP contribution in [0.2, 0.25) is 0 Å². The van der Waals surface area contributed by atoms with Gasteiger partial charge in [-0.3, -0.25) is 4.79 Å². The van der Waals surface area contributed by atoms with Gasteiger partial charge in [0.05, 0.1) is 11.9 Å². The number of benzene rings is 1. The fourth-order valence-electron chi connectivity index (χ4n) is 2.74. The van der Waals surface area contributed by atoms with Crippen LogP contribution in [-0.4, -0.2) is 33.1 Å². The van der Waals surface area contributed by atoms with E-state index in [-0.39, 0.29) is 17.8 Å². The third-order valence-electron chi connectivity index (χ3n) is 4.02. The van der Waals surface area contributed by atoms with Crippen molar-refractivity contribution in [2.24, 2.45) is 0 Å². The Morgan fingerprint density at radius 2 is 2.12 bits per heavy atom. The third kappa shape index (κ3) is 2.96. The molecule has 1 aliphatic heterocycles. The monoisotopic (exact) mass is 345 g/mol. The minimum absolute atomic E-state index is 0.0207. The van der Waals surface area contributed by atoms with E-state index in [0.29, 0.717) is 5.13 Å². The lowest BCUT2D eigenvalue weighted by Gasteiger charge is -2.13. The summed E-state index contributed by atoms with van der Waals surface area (Å²) in [5, 5.41) is 11.2. The van der Waals surface area contributed by atoms with Crippen LogP contribution in [0.25, 0.3) is 16.2 Å². The van der Waals surface area contributed by atoms with Crippen molar-refractivity contribution in [3.63, 3.8) is 0 Å². The predicted molar refractivity (Wildman–Crippen MR) is 90.5 cm³/mol. The summed E-state index contributed by atoms with van der Waals surface area (Å²) in [7, 11) is 0. The molecule has 0 saturated carbocycles. The second-order valence-electron chi connectivity index (χ2n) is 5.75. The highest BCUT2D eigenvalue weighted by molar-refractivity contribution is 7.20. The molecule has 4 rings (SSSR count). The van der Waals surface area contributed by atoms with Crippen LogP contribution in [0.15, 0.2) is 30.5 Å². The number of carbonyl (C=O) groups is 1. The Labute approximate surface area is 141 Å². The maximum atomic E-state index is 13.0. The molecule has 1 fully saturated rings. The van der Waals surface area contributed by atoms with Gasteiger partial charge < -0.3 is 10.6 Å². The highest BCUT2D eigenvalue weighted by atomic mass is 32.1. The topological polar surface area (TPSA) is 71.3 Å². The maximum absolute atomic E-state index is 13.0. The van der Waals surface area contributed by atoms with Gasteiger partial charge >= 0.3 is 0 Å².